The topological polar surface area (TPSA) is 64.4 Å². The van der Waals surface area contributed by atoms with E-state index in [1.54, 1.807) is 6.07 Å². The van der Waals surface area contributed by atoms with Crippen LogP contribution in [-0.2, 0) is 0 Å². The fourth-order valence-electron chi connectivity index (χ4n) is 1.36. The van der Waals surface area contributed by atoms with Crippen molar-refractivity contribution >= 4 is 11.4 Å². The molecule has 0 atom stereocenters. The second-order valence-electron chi connectivity index (χ2n) is 4.18. The molecule has 0 aliphatic rings. The van der Waals surface area contributed by atoms with Gasteiger partial charge in [0.05, 0.1) is 17.6 Å². The third-order valence-corrected chi connectivity index (χ3v) is 2.13. The van der Waals surface area contributed by atoms with Crippen molar-refractivity contribution in [2.45, 2.75) is 20.8 Å². The molecule has 0 amide bonds. The molecule has 1 aromatic rings. The summed E-state index contributed by atoms with van der Waals surface area (Å²) in [6.45, 7) is 7.26. The lowest BCUT2D eigenvalue weighted by Gasteiger charge is -2.10. The van der Waals surface area contributed by atoms with Crippen molar-refractivity contribution in [2.24, 2.45) is 5.92 Å². The molecule has 0 radical (unpaired) electrons. The van der Waals surface area contributed by atoms with E-state index in [0.717, 1.165) is 12.2 Å². The number of ether oxygens (including phenoxy) is 1. The molecule has 0 unspecified atom stereocenters. The number of benzene rings is 1. The molecule has 0 aliphatic heterocycles. The van der Waals surface area contributed by atoms with Crippen molar-refractivity contribution in [1.29, 1.82) is 0 Å². The summed E-state index contributed by atoms with van der Waals surface area (Å²) >= 11 is 0. The predicted octanol–water partition coefficient (Wildman–Crippen LogP) is 3.06. The normalized spacial score (nSPS) is 10.4. The van der Waals surface area contributed by atoms with E-state index in [4.69, 9.17) is 4.74 Å². The molecule has 0 heterocycles. The van der Waals surface area contributed by atoms with Crippen LogP contribution in [-0.4, -0.2) is 18.1 Å². The zero-order valence-electron chi connectivity index (χ0n) is 10.4. The van der Waals surface area contributed by atoms with Crippen molar-refractivity contribution in [3.63, 3.8) is 0 Å². The van der Waals surface area contributed by atoms with Gasteiger partial charge in [-0.05, 0) is 12.8 Å². The fraction of sp³-hybridized carbons (Fsp3) is 0.500. The van der Waals surface area contributed by atoms with E-state index in [0.29, 0.717) is 18.3 Å². The minimum atomic E-state index is -0.414. The highest BCUT2D eigenvalue weighted by Crippen LogP contribution is 2.26. The van der Waals surface area contributed by atoms with Crippen LogP contribution in [0.3, 0.4) is 0 Å². The minimum Gasteiger partial charge on any atom is -0.494 e. The van der Waals surface area contributed by atoms with Gasteiger partial charge in [-0.3, -0.25) is 10.1 Å². The van der Waals surface area contributed by atoms with Crippen molar-refractivity contribution < 1.29 is 9.66 Å². The van der Waals surface area contributed by atoms with Crippen LogP contribution < -0.4 is 10.1 Å². The molecule has 1 aromatic carbocycles. The Morgan fingerprint density at radius 2 is 2.12 bits per heavy atom. The van der Waals surface area contributed by atoms with Crippen molar-refractivity contribution in [3.05, 3.63) is 28.3 Å². The summed E-state index contributed by atoms with van der Waals surface area (Å²) in [5.74, 6) is 0.998. The number of non-ortho nitro benzene ring substituents is 1. The molecular formula is C12H18N2O3. The number of rotatable bonds is 6. The standard InChI is InChI=1S/C12H18N2O3/c1-4-17-12-6-10(13-8-9(2)3)5-11(7-12)14(15)16/h5-7,9,13H,4,8H2,1-3H3. The quantitative estimate of drug-likeness (QED) is 0.611. The first-order chi connectivity index (χ1) is 8.02. The van der Waals surface area contributed by atoms with Gasteiger partial charge in [0.15, 0.2) is 0 Å². The van der Waals surface area contributed by atoms with Gasteiger partial charge in [0.2, 0.25) is 0 Å². The maximum Gasteiger partial charge on any atom is 0.275 e. The van der Waals surface area contributed by atoms with Gasteiger partial charge in [0.25, 0.3) is 5.69 Å². The summed E-state index contributed by atoms with van der Waals surface area (Å²) < 4.78 is 5.30. The Bertz CT molecular complexity index is 391. The molecule has 0 saturated heterocycles. The van der Waals surface area contributed by atoms with E-state index in [1.165, 1.54) is 12.1 Å². The van der Waals surface area contributed by atoms with Gasteiger partial charge in [0, 0.05) is 24.4 Å². The van der Waals surface area contributed by atoms with Gasteiger partial charge in [-0.25, -0.2) is 0 Å². The van der Waals surface area contributed by atoms with Crippen molar-refractivity contribution in [2.75, 3.05) is 18.5 Å². The largest absolute Gasteiger partial charge is 0.494 e. The van der Waals surface area contributed by atoms with E-state index in [1.807, 2.05) is 6.92 Å². The third kappa shape index (κ3) is 4.30. The summed E-state index contributed by atoms with van der Waals surface area (Å²) in [4.78, 5) is 10.4. The van der Waals surface area contributed by atoms with Crippen LogP contribution in [0.15, 0.2) is 18.2 Å². The number of nitrogens with zero attached hydrogens (tertiary/aromatic N) is 1. The molecule has 0 saturated carbocycles. The fourth-order valence-corrected chi connectivity index (χ4v) is 1.36. The molecule has 17 heavy (non-hydrogen) atoms. The zero-order chi connectivity index (χ0) is 12.8. The highest BCUT2D eigenvalue weighted by molar-refractivity contribution is 5.56. The predicted molar refractivity (Wildman–Crippen MR) is 67.6 cm³/mol. The maximum atomic E-state index is 10.8. The third-order valence-electron chi connectivity index (χ3n) is 2.13. The van der Waals surface area contributed by atoms with Crippen LogP contribution in [0.2, 0.25) is 0 Å². The number of nitrogens with one attached hydrogen (secondary N) is 1. The van der Waals surface area contributed by atoms with Crippen molar-refractivity contribution in [1.82, 2.24) is 0 Å². The van der Waals surface area contributed by atoms with Gasteiger partial charge < -0.3 is 10.1 Å². The van der Waals surface area contributed by atoms with Crippen LogP contribution >= 0.6 is 0 Å². The Labute approximate surface area is 101 Å². The number of anilines is 1. The smallest absolute Gasteiger partial charge is 0.275 e. The summed E-state index contributed by atoms with van der Waals surface area (Å²) in [5, 5.41) is 13.9. The Balaban J connectivity index is 2.91. The molecule has 5 nitrogen and oxygen atoms in total. The molecule has 94 valence electrons. The zero-order valence-corrected chi connectivity index (χ0v) is 10.4. The molecule has 0 aromatic heterocycles. The monoisotopic (exact) mass is 238 g/mol. The Morgan fingerprint density at radius 1 is 1.41 bits per heavy atom. The molecule has 0 bridgehead atoms. The Morgan fingerprint density at radius 3 is 2.65 bits per heavy atom. The number of hydrogen-bond acceptors (Lipinski definition) is 4. The highest BCUT2D eigenvalue weighted by atomic mass is 16.6. The minimum absolute atomic E-state index is 0.0437. The molecule has 0 spiro atoms. The molecule has 1 rings (SSSR count). The number of nitro benzene ring substituents is 1. The number of nitro groups is 1. The summed E-state index contributed by atoms with van der Waals surface area (Å²) in [5.41, 5.74) is 0.763. The first-order valence-corrected chi connectivity index (χ1v) is 5.69. The summed E-state index contributed by atoms with van der Waals surface area (Å²) in [6.07, 6.45) is 0. The van der Waals surface area contributed by atoms with Crippen LogP contribution in [0, 0.1) is 16.0 Å². The Kier molecular flexibility index (Phi) is 4.75. The van der Waals surface area contributed by atoms with E-state index in [-0.39, 0.29) is 5.69 Å². The molecule has 5 heteroatoms. The first-order valence-electron chi connectivity index (χ1n) is 5.69. The Hall–Kier alpha value is -1.78. The van der Waals surface area contributed by atoms with Gasteiger partial charge in [-0.1, -0.05) is 13.8 Å². The average molecular weight is 238 g/mol. The van der Waals surface area contributed by atoms with Crippen LogP contribution in [0.25, 0.3) is 0 Å². The maximum absolute atomic E-state index is 10.8. The molecular weight excluding hydrogens is 220 g/mol. The van der Waals surface area contributed by atoms with Gasteiger partial charge >= 0.3 is 0 Å². The van der Waals surface area contributed by atoms with E-state index >= 15 is 0 Å². The van der Waals surface area contributed by atoms with Crippen LogP contribution in [0.1, 0.15) is 20.8 Å². The lowest BCUT2D eigenvalue weighted by molar-refractivity contribution is -0.384. The molecule has 0 fully saturated rings. The van der Waals surface area contributed by atoms with E-state index in [2.05, 4.69) is 19.2 Å². The van der Waals surface area contributed by atoms with Crippen molar-refractivity contribution in [3.8, 4) is 5.75 Å². The van der Waals surface area contributed by atoms with E-state index in [9.17, 15) is 10.1 Å². The van der Waals surface area contributed by atoms with Gasteiger partial charge in [-0.15, -0.1) is 0 Å². The van der Waals surface area contributed by atoms with Gasteiger partial charge in [0.1, 0.15) is 5.75 Å². The van der Waals surface area contributed by atoms with Gasteiger partial charge in [-0.2, -0.15) is 0 Å². The highest BCUT2D eigenvalue weighted by Gasteiger charge is 2.10. The summed E-state index contributed by atoms with van der Waals surface area (Å²) in [6, 6.07) is 4.73. The second kappa shape index (κ2) is 6.08. The SMILES string of the molecule is CCOc1cc(NCC(C)C)cc([N+](=O)[O-])c1. The first kappa shape index (κ1) is 13.3. The lowest BCUT2D eigenvalue weighted by Crippen LogP contribution is -2.08. The molecule has 1 N–H and O–H groups in total. The van der Waals surface area contributed by atoms with E-state index < -0.39 is 4.92 Å². The average Bonchev–Trinajstić information content (AvgIpc) is 2.26. The van der Waals surface area contributed by atoms with Crippen LogP contribution in [0.5, 0.6) is 5.75 Å². The number of hydrogen-bond donors (Lipinski definition) is 1. The summed E-state index contributed by atoms with van der Waals surface area (Å²) in [7, 11) is 0. The van der Waals surface area contributed by atoms with Crippen LogP contribution in [0.4, 0.5) is 11.4 Å². The molecule has 0 aliphatic carbocycles. The lowest BCUT2D eigenvalue weighted by atomic mass is 10.2. The second-order valence-corrected chi connectivity index (χ2v) is 4.18.